The Balaban J connectivity index is 1.57. The molecule has 2 N–H and O–H groups in total. The molecule has 3 aliphatic rings. The lowest BCUT2D eigenvalue weighted by atomic mass is 9.83. The molecule has 202 valence electrons. The van der Waals surface area contributed by atoms with Gasteiger partial charge in [-0.1, -0.05) is 12.1 Å². The first kappa shape index (κ1) is 25.2. The summed E-state index contributed by atoms with van der Waals surface area (Å²) in [6.07, 6.45) is 7.21. The van der Waals surface area contributed by atoms with Gasteiger partial charge in [0.2, 0.25) is 0 Å². The lowest BCUT2D eigenvalue weighted by Crippen LogP contribution is -2.35. The van der Waals surface area contributed by atoms with Crippen molar-refractivity contribution in [2.24, 2.45) is 0 Å². The van der Waals surface area contributed by atoms with Gasteiger partial charge in [-0.15, -0.1) is 0 Å². The minimum absolute atomic E-state index is 0.0176. The molecule has 0 atom stereocenters. The van der Waals surface area contributed by atoms with Gasteiger partial charge < -0.3 is 29.2 Å². The van der Waals surface area contributed by atoms with Crippen LogP contribution in [0.4, 0.5) is 5.69 Å². The molecule has 7 nitrogen and oxygen atoms in total. The van der Waals surface area contributed by atoms with E-state index in [9.17, 15) is 9.90 Å². The second kappa shape index (κ2) is 9.26. The minimum Gasteiger partial charge on any atom is -0.504 e. The van der Waals surface area contributed by atoms with E-state index in [0.717, 1.165) is 60.3 Å². The molecule has 0 radical (unpaired) electrons. The zero-order valence-corrected chi connectivity index (χ0v) is 23.1. The molecule has 3 aliphatic heterocycles. The Morgan fingerprint density at radius 2 is 1.85 bits per heavy atom. The number of likely N-dealkylation sites (tertiary alicyclic amines) is 1. The molecular formula is C32H34N2O5. The molecule has 0 spiro atoms. The van der Waals surface area contributed by atoms with Gasteiger partial charge in [-0.2, -0.15) is 0 Å². The number of phenols is 1. The Morgan fingerprint density at radius 3 is 2.59 bits per heavy atom. The number of nitrogens with zero attached hydrogens (tertiary/aromatic N) is 1. The first-order valence-corrected chi connectivity index (χ1v) is 13.5. The minimum atomic E-state index is -0.218. The van der Waals surface area contributed by atoms with Gasteiger partial charge in [-0.3, -0.25) is 4.79 Å². The van der Waals surface area contributed by atoms with Gasteiger partial charge in [0.15, 0.2) is 11.5 Å². The normalized spacial score (nSPS) is 18.3. The summed E-state index contributed by atoms with van der Waals surface area (Å²) in [5.41, 5.74) is 5.81. The lowest BCUT2D eigenvalue weighted by molar-refractivity contribution is 0.0723. The average Bonchev–Trinajstić information content (AvgIpc) is 3.27. The largest absolute Gasteiger partial charge is 0.504 e. The number of nitrogens with one attached hydrogen (secondary N) is 1. The Bertz CT molecular complexity index is 1550. The van der Waals surface area contributed by atoms with Gasteiger partial charge in [-0.05, 0) is 76.8 Å². The third kappa shape index (κ3) is 4.26. The zero-order chi connectivity index (χ0) is 27.5. The van der Waals surface area contributed by atoms with Gasteiger partial charge in [0, 0.05) is 41.5 Å². The third-order valence-corrected chi connectivity index (χ3v) is 7.69. The summed E-state index contributed by atoms with van der Waals surface area (Å²) in [6.45, 7) is 9.73. The number of aromatic hydroxyl groups is 1. The van der Waals surface area contributed by atoms with Crippen LogP contribution in [0, 0.1) is 6.92 Å². The number of aryl methyl sites for hydroxylation is 1. The number of hydrogen-bond donors (Lipinski definition) is 2. The number of methoxy groups -OCH3 is 1. The van der Waals surface area contributed by atoms with Crippen molar-refractivity contribution in [1.82, 2.24) is 4.90 Å². The van der Waals surface area contributed by atoms with Crippen LogP contribution in [-0.2, 0) is 0 Å². The van der Waals surface area contributed by atoms with Crippen LogP contribution >= 0.6 is 0 Å². The first-order valence-electron chi connectivity index (χ1n) is 13.5. The van der Waals surface area contributed by atoms with E-state index in [2.05, 4.69) is 38.2 Å². The quantitative estimate of drug-likeness (QED) is 0.379. The van der Waals surface area contributed by atoms with Crippen LogP contribution in [0.15, 0.2) is 40.8 Å². The van der Waals surface area contributed by atoms with Crippen molar-refractivity contribution in [3.05, 3.63) is 64.6 Å². The van der Waals surface area contributed by atoms with E-state index in [1.54, 1.807) is 12.1 Å². The van der Waals surface area contributed by atoms with E-state index < -0.39 is 0 Å². The third-order valence-electron chi connectivity index (χ3n) is 7.69. The fourth-order valence-electron chi connectivity index (χ4n) is 6.14. The molecule has 39 heavy (non-hydrogen) atoms. The monoisotopic (exact) mass is 526 g/mol. The molecule has 0 bridgehead atoms. The highest BCUT2D eigenvalue weighted by molar-refractivity contribution is 6.04. The number of amides is 1. The Morgan fingerprint density at radius 1 is 1.08 bits per heavy atom. The number of hydrogen-bond acceptors (Lipinski definition) is 6. The molecule has 0 aliphatic carbocycles. The molecule has 6 rings (SSSR count). The van der Waals surface area contributed by atoms with Crippen molar-refractivity contribution in [3.63, 3.8) is 0 Å². The van der Waals surface area contributed by atoms with E-state index >= 15 is 0 Å². The maximum absolute atomic E-state index is 13.5. The average molecular weight is 527 g/mol. The predicted octanol–water partition coefficient (Wildman–Crippen LogP) is 7.09. The Hall–Kier alpha value is -4.13. The van der Waals surface area contributed by atoms with Crippen LogP contribution in [0.25, 0.3) is 28.5 Å². The maximum Gasteiger partial charge on any atom is 0.257 e. The van der Waals surface area contributed by atoms with Crippen molar-refractivity contribution < 1.29 is 23.8 Å². The molecule has 1 aromatic heterocycles. The summed E-state index contributed by atoms with van der Waals surface area (Å²) >= 11 is 0. The smallest absolute Gasteiger partial charge is 0.257 e. The standard InChI is InChI=1S/C32H34N2O5/c1-18-17-32(3,4)33-22-10-9-20-28(27(18)22)26(39-24-12-11-23(35)30(37-5)29(20)24)16-25-21(15-19(2)38-25)31(36)34-13-7-6-8-14-34/h9-12,15-17,33,35H,6-8,13-14H2,1-5H3. The van der Waals surface area contributed by atoms with Gasteiger partial charge in [0.05, 0.1) is 23.8 Å². The number of allylic oxidation sites excluding steroid dienone is 1. The number of benzene rings is 2. The molecule has 7 heteroatoms. The van der Waals surface area contributed by atoms with E-state index in [0.29, 0.717) is 39.9 Å². The highest BCUT2D eigenvalue weighted by Gasteiger charge is 2.34. The van der Waals surface area contributed by atoms with Crippen LogP contribution < -0.4 is 14.8 Å². The van der Waals surface area contributed by atoms with Crippen LogP contribution in [0.1, 0.15) is 73.0 Å². The van der Waals surface area contributed by atoms with Crippen molar-refractivity contribution >= 4 is 29.0 Å². The summed E-state index contributed by atoms with van der Waals surface area (Å²) in [5.74, 6) is 2.64. The SMILES string of the molecule is COc1c(O)ccc2c1-c1ccc3c(c1C(=Cc1oc(C)cc1C(=O)N1CCCCC1)O2)C(C)=CC(C)(C)N3. The number of carbonyl (C=O) groups excluding carboxylic acids is 1. The van der Waals surface area contributed by atoms with Gasteiger partial charge in [0.1, 0.15) is 23.0 Å². The van der Waals surface area contributed by atoms with Crippen molar-refractivity contribution in [3.8, 4) is 28.4 Å². The van der Waals surface area contributed by atoms with Gasteiger partial charge in [0.25, 0.3) is 5.91 Å². The fraction of sp³-hybridized carbons (Fsp3) is 0.344. The van der Waals surface area contributed by atoms with Crippen LogP contribution in [0.3, 0.4) is 0 Å². The second-order valence-electron chi connectivity index (χ2n) is 11.2. The van der Waals surface area contributed by atoms with Crippen molar-refractivity contribution in [1.29, 1.82) is 0 Å². The lowest BCUT2D eigenvalue weighted by Gasteiger charge is -2.35. The highest BCUT2D eigenvalue weighted by Crippen LogP contribution is 2.54. The number of ether oxygens (including phenoxy) is 2. The zero-order valence-electron chi connectivity index (χ0n) is 23.1. The van der Waals surface area contributed by atoms with E-state index in [1.165, 1.54) is 7.11 Å². The van der Waals surface area contributed by atoms with Gasteiger partial charge in [-0.25, -0.2) is 0 Å². The Labute approximate surface area is 228 Å². The molecule has 2 aromatic carbocycles. The number of rotatable bonds is 3. The molecular weight excluding hydrogens is 492 g/mol. The van der Waals surface area contributed by atoms with Crippen molar-refractivity contribution in [2.45, 2.75) is 52.5 Å². The fourth-order valence-corrected chi connectivity index (χ4v) is 6.14. The van der Waals surface area contributed by atoms with Crippen LogP contribution in [-0.4, -0.2) is 41.7 Å². The summed E-state index contributed by atoms with van der Waals surface area (Å²) in [4.78, 5) is 15.4. The number of phenolic OH excluding ortho intramolecular Hbond substituents is 1. The number of piperidine rings is 1. The molecule has 1 fully saturated rings. The van der Waals surface area contributed by atoms with Crippen LogP contribution in [0.5, 0.6) is 17.2 Å². The molecule has 0 saturated carbocycles. The summed E-state index contributed by atoms with van der Waals surface area (Å²) < 4.78 is 18.3. The number of anilines is 1. The van der Waals surface area contributed by atoms with E-state index in [1.807, 2.05) is 30.0 Å². The summed E-state index contributed by atoms with van der Waals surface area (Å²) in [5, 5.41) is 14.2. The topological polar surface area (TPSA) is 84.2 Å². The first-order chi connectivity index (χ1) is 18.7. The molecule has 1 saturated heterocycles. The highest BCUT2D eigenvalue weighted by atomic mass is 16.5. The van der Waals surface area contributed by atoms with Crippen LogP contribution in [0.2, 0.25) is 0 Å². The Kier molecular flexibility index (Phi) is 5.97. The van der Waals surface area contributed by atoms with Crippen molar-refractivity contribution in [2.75, 3.05) is 25.5 Å². The number of carbonyl (C=O) groups is 1. The van der Waals surface area contributed by atoms with E-state index in [-0.39, 0.29) is 17.2 Å². The molecule has 0 unspecified atom stereocenters. The van der Waals surface area contributed by atoms with Gasteiger partial charge >= 0.3 is 0 Å². The molecule has 3 aromatic rings. The second-order valence-corrected chi connectivity index (χ2v) is 11.2. The number of furan rings is 1. The number of fused-ring (bicyclic) bond motifs is 5. The predicted molar refractivity (Wildman–Crippen MR) is 153 cm³/mol. The summed E-state index contributed by atoms with van der Waals surface area (Å²) in [7, 11) is 1.54. The maximum atomic E-state index is 13.5. The molecule has 1 amide bonds. The van der Waals surface area contributed by atoms with E-state index in [4.69, 9.17) is 13.9 Å². The summed E-state index contributed by atoms with van der Waals surface area (Å²) in [6, 6.07) is 9.21. The molecule has 4 heterocycles.